The molecule has 0 N–H and O–H groups in total. The Bertz CT molecular complexity index is 1150. The standard InChI is InChI=1S/C20H18F3N5OS/c1-13-3-2-4-16(25-13)14-7-9-27(10-8-14)18-11-24-28(19(29)26-18)12-15-5-6-17(30-15)20(21,22)23/h2-7,11H,8-10,12H2,1H3. The van der Waals surface area contributed by atoms with E-state index in [1.165, 1.54) is 12.3 Å². The van der Waals surface area contributed by atoms with Gasteiger partial charge in [-0.25, -0.2) is 9.48 Å². The number of alkyl halides is 3. The molecular weight excluding hydrogens is 415 g/mol. The van der Waals surface area contributed by atoms with Crippen molar-refractivity contribution in [1.82, 2.24) is 19.7 Å². The molecule has 0 bridgehead atoms. The molecule has 4 rings (SSSR count). The average molecular weight is 433 g/mol. The highest BCUT2D eigenvalue weighted by atomic mass is 32.1. The SMILES string of the molecule is Cc1cccc(C2=CCN(c3cnn(Cc4ccc(C(F)(F)F)s4)c(=O)n3)CC2)n1. The smallest absolute Gasteiger partial charge is 0.351 e. The molecule has 30 heavy (non-hydrogen) atoms. The lowest BCUT2D eigenvalue weighted by atomic mass is 10.0. The number of thiophene rings is 1. The molecule has 0 fully saturated rings. The van der Waals surface area contributed by atoms with Crippen LogP contribution in [0.15, 0.2) is 47.4 Å². The van der Waals surface area contributed by atoms with Gasteiger partial charge in [-0.2, -0.15) is 23.3 Å². The van der Waals surface area contributed by atoms with Crippen LogP contribution in [0.5, 0.6) is 0 Å². The summed E-state index contributed by atoms with van der Waals surface area (Å²) in [5, 5.41) is 4.10. The topological polar surface area (TPSA) is 63.9 Å². The monoisotopic (exact) mass is 433 g/mol. The number of aromatic nitrogens is 4. The summed E-state index contributed by atoms with van der Waals surface area (Å²) in [4.78, 5) is 22.6. The summed E-state index contributed by atoms with van der Waals surface area (Å²) in [6, 6.07) is 8.26. The minimum absolute atomic E-state index is 0.0457. The van der Waals surface area contributed by atoms with E-state index in [-0.39, 0.29) is 6.54 Å². The van der Waals surface area contributed by atoms with Gasteiger partial charge in [-0.1, -0.05) is 12.1 Å². The third-order valence-electron chi connectivity index (χ3n) is 4.74. The fraction of sp³-hybridized carbons (Fsp3) is 0.300. The van der Waals surface area contributed by atoms with Crippen molar-refractivity contribution in [2.24, 2.45) is 0 Å². The van der Waals surface area contributed by atoms with Gasteiger partial charge in [0.05, 0.1) is 18.4 Å². The molecule has 3 aromatic rings. The zero-order chi connectivity index (χ0) is 21.3. The molecule has 0 saturated carbocycles. The van der Waals surface area contributed by atoms with Gasteiger partial charge in [0, 0.05) is 23.7 Å². The molecule has 0 saturated heterocycles. The summed E-state index contributed by atoms with van der Waals surface area (Å²) in [6.07, 6.45) is -0.0964. The van der Waals surface area contributed by atoms with Crippen LogP contribution in [0.1, 0.15) is 27.6 Å². The van der Waals surface area contributed by atoms with E-state index in [0.717, 1.165) is 34.1 Å². The Hall–Kier alpha value is -3.01. The number of rotatable bonds is 4. The Morgan fingerprint density at radius 1 is 1.17 bits per heavy atom. The molecule has 6 nitrogen and oxygen atoms in total. The van der Waals surface area contributed by atoms with Gasteiger partial charge in [0.25, 0.3) is 0 Å². The summed E-state index contributed by atoms with van der Waals surface area (Å²) < 4.78 is 39.3. The summed E-state index contributed by atoms with van der Waals surface area (Å²) in [5.41, 5.74) is 2.46. The van der Waals surface area contributed by atoms with Gasteiger partial charge in [-0.05, 0) is 43.2 Å². The molecule has 0 spiro atoms. The van der Waals surface area contributed by atoms with Crippen LogP contribution in [0, 0.1) is 6.92 Å². The maximum absolute atomic E-state index is 12.7. The van der Waals surface area contributed by atoms with E-state index in [2.05, 4.69) is 21.1 Å². The Kier molecular flexibility index (Phi) is 5.42. The van der Waals surface area contributed by atoms with Crippen LogP contribution >= 0.6 is 11.3 Å². The minimum atomic E-state index is -4.39. The molecule has 1 aliphatic rings. The largest absolute Gasteiger partial charge is 0.425 e. The van der Waals surface area contributed by atoms with E-state index >= 15 is 0 Å². The second-order valence-electron chi connectivity index (χ2n) is 6.91. The van der Waals surface area contributed by atoms with E-state index in [4.69, 9.17) is 0 Å². The lowest BCUT2D eigenvalue weighted by Crippen LogP contribution is -2.33. The third-order valence-corrected chi connectivity index (χ3v) is 5.86. The molecule has 10 heteroatoms. The first kappa shape index (κ1) is 20.3. The molecule has 3 aromatic heterocycles. The first-order chi connectivity index (χ1) is 14.3. The van der Waals surface area contributed by atoms with Crippen LogP contribution < -0.4 is 10.6 Å². The highest BCUT2D eigenvalue weighted by molar-refractivity contribution is 7.12. The van der Waals surface area contributed by atoms with Crippen molar-refractivity contribution in [2.75, 3.05) is 18.0 Å². The first-order valence-corrected chi connectivity index (χ1v) is 10.1. The van der Waals surface area contributed by atoms with Crippen molar-refractivity contribution in [3.63, 3.8) is 0 Å². The predicted molar refractivity (Wildman–Crippen MR) is 108 cm³/mol. The van der Waals surface area contributed by atoms with Crippen LogP contribution in [0.25, 0.3) is 5.57 Å². The Balaban J connectivity index is 1.46. The van der Waals surface area contributed by atoms with E-state index in [0.29, 0.717) is 35.1 Å². The van der Waals surface area contributed by atoms with E-state index in [1.54, 1.807) is 0 Å². The quantitative estimate of drug-likeness (QED) is 0.627. The van der Waals surface area contributed by atoms with Crippen LogP contribution in [-0.2, 0) is 12.7 Å². The zero-order valence-corrected chi connectivity index (χ0v) is 16.9. The minimum Gasteiger partial charge on any atom is -0.351 e. The maximum Gasteiger partial charge on any atom is 0.425 e. The lowest BCUT2D eigenvalue weighted by molar-refractivity contribution is -0.134. The van der Waals surface area contributed by atoms with Crippen LogP contribution in [0.2, 0.25) is 0 Å². The van der Waals surface area contributed by atoms with Crippen molar-refractivity contribution in [1.29, 1.82) is 0 Å². The van der Waals surface area contributed by atoms with E-state index in [9.17, 15) is 18.0 Å². The number of hydrogen-bond acceptors (Lipinski definition) is 6. The van der Waals surface area contributed by atoms with Crippen molar-refractivity contribution in [2.45, 2.75) is 26.1 Å². The van der Waals surface area contributed by atoms with Gasteiger partial charge in [-0.15, -0.1) is 11.3 Å². The summed E-state index contributed by atoms with van der Waals surface area (Å²) >= 11 is 0.598. The van der Waals surface area contributed by atoms with Gasteiger partial charge in [0.2, 0.25) is 0 Å². The molecule has 0 aliphatic carbocycles. The van der Waals surface area contributed by atoms with Crippen molar-refractivity contribution < 1.29 is 13.2 Å². The van der Waals surface area contributed by atoms with Gasteiger partial charge in [0.15, 0.2) is 5.82 Å². The molecular formula is C20H18F3N5OS. The van der Waals surface area contributed by atoms with Crippen LogP contribution in [0.3, 0.4) is 0 Å². The van der Waals surface area contributed by atoms with Gasteiger partial charge < -0.3 is 4.90 Å². The van der Waals surface area contributed by atoms with Gasteiger partial charge >= 0.3 is 11.9 Å². The van der Waals surface area contributed by atoms with Gasteiger partial charge in [-0.3, -0.25) is 4.98 Å². The number of anilines is 1. The molecule has 0 atom stereocenters. The normalized spacial score (nSPS) is 14.7. The fourth-order valence-electron chi connectivity index (χ4n) is 3.21. The van der Waals surface area contributed by atoms with Gasteiger partial charge in [0.1, 0.15) is 4.88 Å². The van der Waals surface area contributed by atoms with E-state index in [1.807, 2.05) is 30.0 Å². The number of aryl methyl sites for hydroxylation is 1. The number of pyridine rings is 1. The molecule has 156 valence electrons. The third kappa shape index (κ3) is 4.43. The van der Waals surface area contributed by atoms with Crippen molar-refractivity contribution >= 4 is 22.7 Å². The molecule has 0 aromatic carbocycles. The highest BCUT2D eigenvalue weighted by Crippen LogP contribution is 2.34. The molecule has 0 unspecified atom stereocenters. The Morgan fingerprint density at radius 3 is 2.63 bits per heavy atom. The molecule has 1 aliphatic heterocycles. The molecule has 0 radical (unpaired) electrons. The number of halogens is 3. The highest BCUT2D eigenvalue weighted by Gasteiger charge is 2.32. The second kappa shape index (κ2) is 8.02. The van der Waals surface area contributed by atoms with Crippen molar-refractivity contribution in [3.05, 3.63) is 74.2 Å². The summed E-state index contributed by atoms with van der Waals surface area (Å²) in [6.45, 7) is 3.14. The lowest BCUT2D eigenvalue weighted by Gasteiger charge is -2.27. The van der Waals surface area contributed by atoms with Crippen LogP contribution in [0.4, 0.5) is 19.0 Å². The summed E-state index contributed by atoms with van der Waals surface area (Å²) in [5.74, 6) is 0.450. The zero-order valence-electron chi connectivity index (χ0n) is 16.1. The predicted octanol–water partition coefficient (Wildman–Crippen LogP) is 3.76. The maximum atomic E-state index is 12.7. The first-order valence-electron chi connectivity index (χ1n) is 9.28. The van der Waals surface area contributed by atoms with Crippen LogP contribution in [-0.4, -0.2) is 32.8 Å². The molecule has 0 amide bonds. The number of nitrogens with zero attached hydrogens (tertiary/aromatic N) is 5. The van der Waals surface area contributed by atoms with E-state index < -0.39 is 16.7 Å². The average Bonchev–Trinajstić information content (AvgIpc) is 3.19. The number of hydrogen-bond donors (Lipinski definition) is 0. The second-order valence-corrected chi connectivity index (χ2v) is 8.08. The Morgan fingerprint density at radius 2 is 2.00 bits per heavy atom. The fourth-order valence-corrected chi connectivity index (χ4v) is 4.07. The molecule has 4 heterocycles. The Labute approximate surface area is 174 Å². The van der Waals surface area contributed by atoms with Crippen molar-refractivity contribution in [3.8, 4) is 0 Å². The summed E-state index contributed by atoms with van der Waals surface area (Å²) in [7, 11) is 0.